The van der Waals surface area contributed by atoms with Crippen molar-refractivity contribution in [1.82, 2.24) is 14.8 Å². The van der Waals surface area contributed by atoms with Crippen LogP contribution in [0.5, 0.6) is 0 Å². The van der Waals surface area contributed by atoms with Gasteiger partial charge in [0.25, 0.3) is 0 Å². The summed E-state index contributed by atoms with van der Waals surface area (Å²) in [6.07, 6.45) is 1.82. The van der Waals surface area contributed by atoms with Gasteiger partial charge in [0.1, 0.15) is 4.60 Å². The highest BCUT2D eigenvalue weighted by Gasteiger charge is 2.14. The van der Waals surface area contributed by atoms with Gasteiger partial charge in [-0.3, -0.25) is 4.90 Å². The van der Waals surface area contributed by atoms with Crippen molar-refractivity contribution in [3.63, 3.8) is 0 Å². The maximum Gasteiger partial charge on any atom is 0.110 e. The third-order valence-electron chi connectivity index (χ3n) is 2.83. The zero-order chi connectivity index (χ0) is 10.7. The van der Waals surface area contributed by atoms with Gasteiger partial charge < -0.3 is 4.90 Å². The van der Waals surface area contributed by atoms with Crippen LogP contribution in [0.4, 0.5) is 0 Å². The van der Waals surface area contributed by atoms with Crippen LogP contribution in [0.25, 0.3) is 0 Å². The normalized spacial score (nSPS) is 19.3. The molecule has 1 aromatic heterocycles. The van der Waals surface area contributed by atoms with E-state index in [4.69, 9.17) is 0 Å². The zero-order valence-corrected chi connectivity index (χ0v) is 10.6. The summed E-state index contributed by atoms with van der Waals surface area (Å²) in [6.45, 7) is 5.63. The van der Waals surface area contributed by atoms with Crippen LogP contribution in [-0.4, -0.2) is 48.0 Å². The maximum atomic E-state index is 4.24. The molecule has 0 aliphatic carbocycles. The highest BCUT2D eigenvalue weighted by Crippen LogP contribution is 2.15. The van der Waals surface area contributed by atoms with Gasteiger partial charge in [0, 0.05) is 38.9 Å². The van der Waals surface area contributed by atoms with E-state index in [1.54, 1.807) is 0 Å². The standard InChI is InChI=1S/C11H16BrN3/c1-14-5-7-15(8-6-14)9-10-3-2-4-13-11(10)12/h2-4H,5-9H2,1H3. The summed E-state index contributed by atoms with van der Waals surface area (Å²) in [6, 6.07) is 4.13. The summed E-state index contributed by atoms with van der Waals surface area (Å²) in [7, 11) is 2.18. The number of piperazine rings is 1. The number of aromatic nitrogens is 1. The molecular formula is C11H16BrN3. The summed E-state index contributed by atoms with van der Waals surface area (Å²) < 4.78 is 0.976. The van der Waals surface area contributed by atoms with Crippen molar-refractivity contribution in [3.8, 4) is 0 Å². The highest BCUT2D eigenvalue weighted by atomic mass is 79.9. The van der Waals surface area contributed by atoms with E-state index in [9.17, 15) is 0 Å². The van der Waals surface area contributed by atoms with Gasteiger partial charge >= 0.3 is 0 Å². The molecule has 3 nitrogen and oxygen atoms in total. The summed E-state index contributed by atoms with van der Waals surface area (Å²) in [5, 5.41) is 0. The summed E-state index contributed by atoms with van der Waals surface area (Å²) in [5.74, 6) is 0. The molecule has 1 aliphatic rings. The molecule has 1 aromatic rings. The van der Waals surface area contributed by atoms with Gasteiger partial charge in [0.15, 0.2) is 0 Å². The van der Waals surface area contributed by atoms with Gasteiger partial charge in [-0.2, -0.15) is 0 Å². The van der Waals surface area contributed by atoms with Gasteiger partial charge in [-0.05, 0) is 34.6 Å². The summed E-state index contributed by atoms with van der Waals surface area (Å²) in [4.78, 5) is 9.08. The Balaban J connectivity index is 1.95. The summed E-state index contributed by atoms with van der Waals surface area (Å²) >= 11 is 3.49. The highest BCUT2D eigenvalue weighted by molar-refractivity contribution is 9.10. The van der Waals surface area contributed by atoms with E-state index < -0.39 is 0 Å². The van der Waals surface area contributed by atoms with E-state index in [0.29, 0.717) is 0 Å². The third kappa shape index (κ3) is 3.00. The molecule has 2 heterocycles. The Hall–Kier alpha value is -0.450. The molecule has 82 valence electrons. The van der Waals surface area contributed by atoms with Gasteiger partial charge in [-0.1, -0.05) is 6.07 Å². The predicted octanol–water partition coefficient (Wildman–Crippen LogP) is 1.59. The lowest BCUT2D eigenvalue weighted by Crippen LogP contribution is -2.43. The topological polar surface area (TPSA) is 19.4 Å². The van der Waals surface area contributed by atoms with Crippen molar-refractivity contribution >= 4 is 15.9 Å². The lowest BCUT2D eigenvalue weighted by atomic mass is 10.2. The minimum atomic E-state index is 0.976. The van der Waals surface area contributed by atoms with Crippen LogP contribution in [0.1, 0.15) is 5.56 Å². The minimum absolute atomic E-state index is 0.976. The lowest BCUT2D eigenvalue weighted by molar-refractivity contribution is 0.148. The molecule has 15 heavy (non-hydrogen) atoms. The van der Waals surface area contributed by atoms with Gasteiger partial charge in [0.05, 0.1) is 0 Å². The number of hydrogen-bond donors (Lipinski definition) is 0. The Morgan fingerprint density at radius 3 is 2.73 bits per heavy atom. The van der Waals surface area contributed by atoms with E-state index >= 15 is 0 Å². The molecule has 0 atom stereocenters. The largest absolute Gasteiger partial charge is 0.304 e. The lowest BCUT2D eigenvalue weighted by Gasteiger charge is -2.32. The van der Waals surface area contributed by atoms with E-state index in [-0.39, 0.29) is 0 Å². The average Bonchev–Trinajstić information content (AvgIpc) is 2.25. The van der Waals surface area contributed by atoms with Crippen molar-refractivity contribution in [2.45, 2.75) is 6.54 Å². The first-order valence-corrected chi connectivity index (χ1v) is 6.05. The van der Waals surface area contributed by atoms with Crippen LogP contribution in [-0.2, 0) is 6.54 Å². The maximum absolute atomic E-state index is 4.24. The first-order chi connectivity index (χ1) is 7.25. The van der Waals surface area contributed by atoms with Gasteiger partial charge in [-0.25, -0.2) is 4.98 Å². The fourth-order valence-corrected chi connectivity index (χ4v) is 2.16. The molecule has 0 unspecified atom stereocenters. The quantitative estimate of drug-likeness (QED) is 0.761. The van der Waals surface area contributed by atoms with Crippen molar-refractivity contribution in [2.75, 3.05) is 33.2 Å². The van der Waals surface area contributed by atoms with Crippen LogP contribution in [0, 0.1) is 0 Å². The molecule has 0 spiro atoms. The van der Waals surface area contributed by atoms with Crippen molar-refractivity contribution < 1.29 is 0 Å². The Bertz CT molecular complexity index is 321. The third-order valence-corrected chi connectivity index (χ3v) is 3.54. The van der Waals surface area contributed by atoms with E-state index in [1.807, 2.05) is 12.3 Å². The number of rotatable bonds is 2. The molecule has 0 radical (unpaired) electrons. The van der Waals surface area contributed by atoms with Gasteiger partial charge in [0.2, 0.25) is 0 Å². The molecule has 1 fully saturated rings. The average molecular weight is 270 g/mol. The first kappa shape index (κ1) is 11.0. The van der Waals surface area contributed by atoms with Crippen LogP contribution in [0.2, 0.25) is 0 Å². The molecule has 0 saturated carbocycles. The molecule has 4 heteroatoms. The Kier molecular flexibility index (Phi) is 3.72. The molecule has 0 bridgehead atoms. The Labute approximate surface area is 99.2 Å². The van der Waals surface area contributed by atoms with Crippen LogP contribution >= 0.6 is 15.9 Å². The molecule has 0 aromatic carbocycles. The van der Waals surface area contributed by atoms with Crippen molar-refractivity contribution in [1.29, 1.82) is 0 Å². The Morgan fingerprint density at radius 2 is 2.07 bits per heavy atom. The summed E-state index contributed by atoms with van der Waals surface area (Å²) in [5.41, 5.74) is 1.28. The molecular weight excluding hydrogens is 254 g/mol. The smallest absolute Gasteiger partial charge is 0.110 e. The number of likely N-dealkylation sites (N-methyl/N-ethyl adjacent to an activating group) is 1. The zero-order valence-electron chi connectivity index (χ0n) is 8.99. The molecule has 0 amide bonds. The van der Waals surface area contributed by atoms with E-state index in [2.05, 4.69) is 43.8 Å². The second-order valence-electron chi connectivity index (χ2n) is 4.03. The minimum Gasteiger partial charge on any atom is -0.304 e. The fraction of sp³-hybridized carbons (Fsp3) is 0.545. The number of nitrogens with zero attached hydrogens (tertiary/aromatic N) is 3. The SMILES string of the molecule is CN1CCN(Cc2cccnc2Br)CC1. The van der Waals surface area contributed by atoms with Crippen molar-refractivity contribution in [2.24, 2.45) is 0 Å². The van der Waals surface area contributed by atoms with E-state index in [0.717, 1.165) is 37.3 Å². The molecule has 0 N–H and O–H groups in total. The van der Waals surface area contributed by atoms with Gasteiger partial charge in [-0.15, -0.1) is 0 Å². The molecule has 1 aliphatic heterocycles. The van der Waals surface area contributed by atoms with Crippen LogP contribution < -0.4 is 0 Å². The second kappa shape index (κ2) is 5.05. The second-order valence-corrected chi connectivity index (χ2v) is 4.78. The predicted molar refractivity (Wildman–Crippen MR) is 64.7 cm³/mol. The monoisotopic (exact) mass is 269 g/mol. The number of halogens is 1. The number of hydrogen-bond acceptors (Lipinski definition) is 3. The molecule has 1 saturated heterocycles. The Morgan fingerprint density at radius 1 is 1.33 bits per heavy atom. The first-order valence-electron chi connectivity index (χ1n) is 5.26. The number of pyridine rings is 1. The van der Waals surface area contributed by atoms with Crippen LogP contribution in [0.3, 0.4) is 0 Å². The van der Waals surface area contributed by atoms with E-state index in [1.165, 1.54) is 5.56 Å². The molecule has 2 rings (SSSR count). The van der Waals surface area contributed by atoms with Crippen molar-refractivity contribution in [3.05, 3.63) is 28.5 Å². The van der Waals surface area contributed by atoms with Crippen LogP contribution in [0.15, 0.2) is 22.9 Å². The fourth-order valence-electron chi connectivity index (χ4n) is 1.78.